The summed E-state index contributed by atoms with van der Waals surface area (Å²) >= 11 is 0. The van der Waals surface area contributed by atoms with Crippen molar-refractivity contribution >= 4 is 17.3 Å². The summed E-state index contributed by atoms with van der Waals surface area (Å²) in [6, 6.07) is 5.02. The average molecular weight is 263 g/mol. The lowest BCUT2D eigenvalue weighted by molar-refractivity contribution is 0.0697. The number of hydrogen-bond donors (Lipinski definition) is 2. The number of aromatic carboxylic acids is 1. The van der Waals surface area contributed by atoms with Gasteiger partial charge >= 0.3 is 5.97 Å². The molecule has 5 nitrogen and oxygen atoms in total. The summed E-state index contributed by atoms with van der Waals surface area (Å²) in [6.07, 6.45) is 2.52. The molecule has 1 heterocycles. The minimum atomic E-state index is -0.935. The third-order valence-electron chi connectivity index (χ3n) is 3.63. The monoisotopic (exact) mass is 263 g/mol. The number of likely N-dealkylation sites (N-methyl/N-ethyl adjacent to an activating group) is 1. The number of likely N-dealkylation sites (tertiary alicyclic amines) is 1. The zero-order valence-electron chi connectivity index (χ0n) is 11.3. The number of nitrogens with zero attached hydrogens (tertiary/aromatic N) is 2. The van der Waals surface area contributed by atoms with Gasteiger partial charge in [0, 0.05) is 20.1 Å². The fourth-order valence-corrected chi connectivity index (χ4v) is 2.57. The number of para-hydroxylation sites is 1. The molecule has 0 bridgehead atoms. The first-order valence-corrected chi connectivity index (χ1v) is 6.65. The molecule has 1 aliphatic rings. The summed E-state index contributed by atoms with van der Waals surface area (Å²) < 4.78 is 0. The first-order valence-electron chi connectivity index (χ1n) is 6.65. The van der Waals surface area contributed by atoms with E-state index in [0.29, 0.717) is 11.4 Å². The molecule has 0 atom stereocenters. The third kappa shape index (κ3) is 3.17. The summed E-state index contributed by atoms with van der Waals surface area (Å²) in [7, 11) is 1.90. The summed E-state index contributed by atoms with van der Waals surface area (Å²) in [6.45, 7) is 4.02. The minimum absolute atomic E-state index is 0.268. The van der Waals surface area contributed by atoms with Crippen molar-refractivity contribution in [2.45, 2.75) is 12.8 Å². The highest BCUT2D eigenvalue weighted by Gasteiger charge is 2.17. The number of anilines is 2. The number of rotatable bonds is 5. The molecular weight excluding hydrogens is 242 g/mol. The van der Waals surface area contributed by atoms with Crippen molar-refractivity contribution in [2.24, 2.45) is 0 Å². The Hall–Kier alpha value is -1.75. The summed E-state index contributed by atoms with van der Waals surface area (Å²) in [5.74, 6) is -0.935. The van der Waals surface area contributed by atoms with E-state index in [9.17, 15) is 9.90 Å². The molecule has 5 heteroatoms. The van der Waals surface area contributed by atoms with Crippen molar-refractivity contribution < 1.29 is 9.90 Å². The van der Waals surface area contributed by atoms with Crippen molar-refractivity contribution in [3.8, 4) is 0 Å². The quantitative estimate of drug-likeness (QED) is 0.788. The Morgan fingerprint density at radius 1 is 1.42 bits per heavy atom. The highest BCUT2D eigenvalue weighted by atomic mass is 16.4. The van der Waals surface area contributed by atoms with E-state index in [2.05, 4.69) is 4.90 Å². The second-order valence-corrected chi connectivity index (χ2v) is 5.02. The minimum Gasteiger partial charge on any atom is -0.478 e. The molecule has 0 radical (unpaired) electrons. The van der Waals surface area contributed by atoms with Crippen LogP contribution >= 0.6 is 0 Å². The summed E-state index contributed by atoms with van der Waals surface area (Å²) in [4.78, 5) is 15.6. The molecule has 2 rings (SSSR count). The topological polar surface area (TPSA) is 69.8 Å². The number of carbonyl (C=O) groups is 1. The Morgan fingerprint density at radius 3 is 2.74 bits per heavy atom. The molecule has 19 heavy (non-hydrogen) atoms. The van der Waals surface area contributed by atoms with E-state index in [1.54, 1.807) is 18.2 Å². The summed E-state index contributed by atoms with van der Waals surface area (Å²) in [5.41, 5.74) is 7.33. The van der Waals surface area contributed by atoms with Crippen molar-refractivity contribution in [3.63, 3.8) is 0 Å². The number of nitrogens with two attached hydrogens (primary N) is 1. The van der Waals surface area contributed by atoms with Crippen LogP contribution in [0, 0.1) is 0 Å². The van der Waals surface area contributed by atoms with Gasteiger partial charge in [0.05, 0.1) is 16.9 Å². The molecule has 0 aromatic heterocycles. The normalized spacial score (nSPS) is 15.6. The number of nitrogen functional groups attached to an aromatic ring is 1. The highest BCUT2D eigenvalue weighted by molar-refractivity contribution is 5.97. The van der Waals surface area contributed by atoms with Crippen molar-refractivity contribution in [2.75, 3.05) is 43.9 Å². The Morgan fingerprint density at radius 2 is 2.11 bits per heavy atom. The van der Waals surface area contributed by atoms with Gasteiger partial charge in [0.1, 0.15) is 0 Å². The predicted molar refractivity (Wildman–Crippen MR) is 76.8 cm³/mol. The van der Waals surface area contributed by atoms with Crippen LogP contribution in [0.1, 0.15) is 23.2 Å². The zero-order valence-corrected chi connectivity index (χ0v) is 11.3. The molecule has 0 unspecified atom stereocenters. The SMILES string of the molecule is CN(CCN1CCCC1)c1c(N)cccc1C(=O)O. The van der Waals surface area contributed by atoms with Gasteiger partial charge in [-0.15, -0.1) is 0 Å². The molecule has 1 aromatic carbocycles. The van der Waals surface area contributed by atoms with Gasteiger partial charge in [0.2, 0.25) is 0 Å². The lowest BCUT2D eigenvalue weighted by Crippen LogP contribution is -2.32. The number of hydrogen-bond acceptors (Lipinski definition) is 4. The standard InChI is InChI=1S/C14H21N3O2/c1-16(9-10-17-7-2-3-8-17)13-11(14(18)19)5-4-6-12(13)15/h4-6H,2-3,7-10,15H2,1H3,(H,18,19). The first-order chi connectivity index (χ1) is 9.09. The Kier molecular flexibility index (Phi) is 4.27. The molecule has 1 aliphatic heterocycles. The van der Waals surface area contributed by atoms with Crippen LogP contribution in [-0.2, 0) is 0 Å². The van der Waals surface area contributed by atoms with Crippen LogP contribution in [0.3, 0.4) is 0 Å². The van der Waals surface area contributed by atoms with Crippen LogP contribution < -0.4 is 10.6 Å². The summed E-state index contributed by atoms with van der Waals surface area (Å²) in [5, 5.41) is 9.23. The maximum Gasteiger partial charge on any atom is 0.337 e. The molecule has 1 fully saturated rings. The van der Waals surface area contributed by atoms with Gasteiger partial charge in [-0.3, -0.25) is 0 Å². The average Bonchev–Trinajstić information content (AvgIpc) is 2.88. The van der Waals surface area contributed by atoms with Crippen LogP contribution in [0.25, 0.3) is 0 Å². The van der Waals surface area contributed by atoms with E-state index in [-0.39, 0.29) is 5.56 Å². The van der Waals surface area contributed by atoms with Gasteiger partial charge in [0.25, 0.3) is 0 Å². The van der Waals surface area contributed by atoms with E-state index in [1.807, 2.05) is 11.9 Å². The lowest BCUT2D eigenvalue weighted by atomic mass is 10.1. The van der Waals surface area contributed by atoms with E-state index < -0.39 is 5.97 Å². The van der Waals surface area contributed by atoms with Gasteiger partial charge in [0.15, 0.2) is 0 Å². The second kappa shape index (κ2) is 5.93. The van der Waals surface area contributed by atoms with Crippen LogP contribution in [0.5, 0.6) is 0 Å². The largest absolute Gasteiger partial charge is 0.478 e. The van der Waals surface area contributed by atoms with Crippen molar-refractivity contribution in [1.82, 2.24) is 4.90 Å². The molecule has 3 N–H and O–H groups in total. The highest BCUT2D eigenvalue weighted by Crippen LogP contribution is 2.27. The van der Waals surface area contributed by atoms with E-state index >= 15 is 0 Å². The molecule has 0 amide bonds. The molecule has 0 saturated carbocycles. The van der Waals surface area contributed by atoms with Crippen LogP contribution in [0.2, 0.25) is 0 Å². The fraction of sp³-hybridized carbons (Fsp3) is 0.500. The number of carboxylic acid groups (broad SMARTS) is 1. The molecule has 1 saturated heterocycles. The van der Waals surface area contributed by atoms with E-state index in [4.69, 9.17) is 5.73 Å². The van der Waals surface area contributed by atoms with Gasteiger partial charge in [-0.1, -0.05) is 6.07 Å². The van der Waals surface area contributed by atoms with Crippen molar-refractivity contribution in [1.29, 1.82) is 0 Å². The first kappa shape index (κ1) is 13.7. The van der Waals surface area contributed by atoms with Gasteiger partial charge < -0.3 is 20.6 Å². The maximum absolute atomic E-state index is 11.2. The smallest absolute Gasteiger partial charge is 0.337 e. The van der Waals surface area contributed by atoms with Crippen molar-refractivity contribution in [3.05, 3.63) is 23.8 Å². The Balaban J connectivity index is 2.08. The van der Waals surface area contributed by atoms with Gasteiger partial charge in [-0.2, -0.15) is 0 Å². The molecule has 0 aliphatic carbocycles. The van der Waals surface area contributed by atoms with Crippen LogP contribution in [-0.4, -0.2) is 49.2 Å². The van der Waals surface area contributed by atoms with E-state index in [0.717, 1.165) is 26.2 Å². The second-order valence-electron chi connectivity index (χ2n) is 5.02. The number of benzene rings is 1. The molecule has 1 aromatic rings. The third-order valence-corrected chi connectivity index (χ3v) is 3.63. The molecule has 0 spiro atoms. The van der Waals surface area contributed by atoms with Gasteiger partial charge in [-0.25, -0.2) is 4.79 Å². The van der Waals surface area contributed by atoms with Gasteiger partial charge in [-0.05, 0) is 38.1 Å². The lowest BCUT2D eigenvalue weighted by Gasteiger charge is -2.25. The Bertz CT molecular complexity index is 456. The predicted octanol–water partition coefficient (Wildman–Crippen LogP) is 1.50. The maximum atomic E-state index is 11.2. The Labute approximate surface area is 113 Å². The fourth-order valence-electron chi connectivity index (χ4n) is 2.57. The van der Waals surface area contributed by atoms with Crippen LogP contribution in [0.4, 0.5) is 11.4 Å². The van der Waals surface area contributed by atoms with E-state index in [1.165, 1.54) is 12.8 Å². The number of carboxylic acids is 1. The molecular formula is C14H21N3O2. The van der Waals surface area contributed by atoms with Crippen LogP contribution in [0.15, 0.2) is 18.2 Å². The zero-order chi connectivity index (χ0) is 13.8. The molecule has 104 valence electrons.